The quantitative estimate of drug-likeness (QED) is 0.878. The predicted molar refractivity (Wildman–Crippen MR) is 90.6 cm³/mol. The summed E-state index contributed by atoms with van der Waals surface area (Å²) in [6, 6.07) is 9.40. The van der Waals surface area contributed by atoms with E-state index in [0.29, 0.717) is 17.5 Å². The van der Waals surface area contributed by atoms with Crippen LogP contribution < -0.4 is 5.56 Å². The monoisotopic (exact) mass is 310 g/mol. The van der Waals surface area contributed by atoms with E-state index in [2.05, 4.69) is 9.88 Å². The summed E-state index contributed by atoms with van der Waals surface area (Å²) in [5.41, 5.74) is 1.08. The lowest BCUT2D eigenvalue weighted by atomic mass is 9.78. The van der Waals surface area contributed by atoms with E-state index >= 15 is 0 Å². The zero-order chi connectivity index (χ0) is 15.8. The third kappa shape index (κ3) is 2.56. The normalized spacial score (nSPS) is 24.4. The van der Waals surface area contributed by atoms with Crippen LogP contribution in [-0.4, -0.2) is 28.4 Å². The Balaban J connectivity index is 1.75. The average Bonchev–Trinajstić information content (AvgIpc) is 2.60. The van der Waals surface area contributed by atoms with Crippen molar-refractivity contribution in [2.75, 3.05) is 6.54 Å². The Labute approximate surface area is 135 Å². The number of nitrogens with zero attached hydrogens (tertiary/aromatic N) is 1. The topological polar surface area (TPSA) is 53.2 Å². The van der Waals surface area contributed by atoms with Gasteiger partial charge in [-0.1, -0.05) is 31.0 Å². The second-order valence-electron chi connectivity index (χ2n) is 6.85. The van der Waals surface area contributed by atoms with Gasteiger partial charge in [-0.05, 0) is 37.7 Å². The van der Waals surface area contributed by atoms with Gasteiger partial charge in [-0.25, -0.2) is 0 Å². The number of nitrogens with one attached hydrogen (secondary N) is 1. The molecule has 1 aliphatic heterocycles. The van der Waals surface area contributed by atoms with Gasteiger partial charge >= 0.3 is 0 Å². The Morgan fingerprint density at radius 1 is 1.09 bits per heavy atom. The molecule has 4 heteroatoms. The number of H-pyrrole nitrogens is 1. The number of piperidine rings is 1. The average molecular weight is 310 g/mol. The van der Waals surface area contributed by atoms with Gasteiger partial charge in [-0.2, -0.15) is 0 Å². The molecular formula is C19H22N2O2. The van der Waals surface area contributed by atoms with E-state index in [1.54, 1.807) is 0 Å². The number of fused-ring (bicyclic) bond motifs is 2. The fraction of sp³-hybridized carbons (Fsp3) is 0.474. The first kappa shape index (κ1) is 14.5. The Morgan fingerprint density at radius 2 is 1.87 bits per heavy atom. The van der Waals surface area contributed by atoms with Gasteiger partial charge in [-0.15, -0.1) is 0 Å². The number of carbonyl (C=O) groups excluding carboxylic acids is 1. The van der Waals surface area contributed by atoms with Crippen LogP contribution in [0.5, 0.6) is 0 Å². The lowest BCUT2D eigenvalue weighted by Crippen LogP contribution is -2.49. The van der Waals surface area contributed by atoms with Gasteiger partial charge in [-0.3, -0.25) is 9.59 Å². The van der Waals surface area contributed by atoms with Gasteiger partial charge in [0.15, 0.2) is 0 Å². The van der Waals surface area contributed by atoms with Crippen molar-refractivity contribution in [2.45, 2.75) is 44.6 Å². The SMILES string of the molecule is O=C(c1cc(=O)[nH]c2ccccc12)N1CCCC2CCCCC21. The molecule has 0 bridgehead atoms. The van der Waals surface area contributed by atoms with Crippen molar-refractivity contribution in [1.29, 1.82) is 0 Å². The molecule has 120 valence electrons. The zero-order valence-electron chi connectivity index (χ0n) is 13.3. The number of amides is 1. The van der Waals surface area contributed by atoms with Crippen LogP contribution in [0.4, 0.5) is 0 Å². The van der Waals surface area contributed by atoms with Gasteiger partial charge in [0.25, 0.3) is 5.91 Å². The van der Waals surface area contributed by atoms with Gasteiger partial charge in [0, 0.05) is 29.6 Å². The molecule has 1 saturated carbocycles. The largest absolute Gasteiger partial charge is 0.335 e. The molecule has 2 aliphatic rings. The first-order valence-electron chi connectivity index (χ1n) is 8.67. The van der Waals surface area contributed by atoms with E-state index in [9.17, 15) is 9.59 Å². The van der Waals surface area contributed by atoms with Crippen LogP contribution >= 0.6 is 0 Å². The molecule has 1 aromatic carbocycles. The third-order valence-corrected chi connectivity index (χ3v) is 5.49. The molecule has 1 amide bonds. The smallest absolute Gasteiger partial charge is 0.255 e. The summed E-state index contributed by atoms with van der Waals surface area (Å²) in [6.07, 6.45) is 7.17. The minimum absolute atomic E-state index is 0.0314. The molecule has 0 radical (unpaired) electrons. The first-order chi connectivity index (χ1) is 11.2. The van der Waals surface area contributed by atoms with E-state index in [4.69, 9.17) is 0 Å². The van der Waals surface area contributed by atoms with Crippen molar-refractivity contribution in [3.63, 3.8) is 0 Å². The van der Waals surface area contributed by atoms with E-state index in [1.165, 1.54) is 31.7 Å². The van der Waals surface area contributed by atoms with Crippen LogP contribution in [0.3, 0.4) is 0 Å². The number of hydrogen-bond donors (Lipinski definition) is 1. The Morgan fingerprint density at radius 3 is 2.78 bits per heavy atom. The van der Waals surface area contributed by atoms with Crippen molar-refractivity contribution in [3.8, 4) is 0 Å². The second-order valence-corrected chi connectivity index (χ2v) is 6.85. The van der Waals surface area contributed by atoms with Gasteiger partial charge < -0.3 is 9.88 Å². The summed E-state index contributed by atoms with van der Waals surface area (Å²) in [5, 5.41) is 0.843. The van der Waals surface area contributed by atoms with Crippen LogP contribution in [0.25, 0.3) is 10.9 Å². The number of aromatic amines is 1. The molecule has 1 saturated heterocycles. The Hall–Kier alpha value is -2.10. The van der Waals surface area contributed by atoms with Crippen LogP contribution in [0.15, 0.2) is 35.1 Å². The Bertz CT molecular complexity index is 793. The fourth-order valence-electron chi connectivity index (χ4n) is 4.41. The molecule has 0 spiro atoms. The number of pyridine rings is 1. The maximum atomic E-state index is 13.2. The van der Waals surface area contributed by atoms with Gasteiger partial charge in [0.1, 0.15) is 0 Å². The highest BCUT2D eigenvalue weighted by atomic mass is 16.2. The molecule has 2 aromatic rings. The highest BCUT2D eigenvalue weighted by Crippen LogP contribution is 2.36. The van der Waals surface area contributed by atoms with E-state index < -0.39 is 0 Å². The molecule has 2 heterocycles. The maximum Gasteiger partial charge on any atom is 0.255 e. The zero-order valence-corrected chi connectivity index (χ0v) is 13.3. The second kappa shape index (κ2) is 5.84. The van der Waals surface area contributed by atoms with E-state index in [1.807, 2.05) is 24.3 Å². The highest BCUT2D eigenvalue weighted by Gasteiger charge is 2.36. The molecule has 1 N–H and O–H groups in total. The number of carbonyl (C=O) groups is 1. The molecule has 2 atom stereocenters. The lowest BCUT2D eigenvalue weighted by Gasteiger charge is -2.44. The first-order valence-corrected chi connectivity index (χ1v) is 8.67. The predicted octanol–water partition coefficient (Wildman–Crippen LogP) is 3.32. The van der Waals surface area contributed by atoms with Crippen molar-refractivity contribution < 1.29 is 4.79 Å². The number of benzene rings is 1. The lowest BCUT2D eigenvalue weighted by molar-refractivity contribution is 0.0392. The van der Waals surface area contributed by atoms with E-state index in [-0.39, 0.29) is 11.5 Å². The molecule has 2 fully saturated rings. The summed E-state index contributed by atoms with van der Waals surface area (Å²) in [7, 11) is 0. The summed E-state index contributed by atoms with van der Waals surface area (Å²) in [5.74, 6) is 0.679. The number of rotatable bonds is 1. The van der Waals surface area contributed by atoms with E-state index in [0.717, 1.165) is 30.3 Å². The minimum Gasteiger partial charge on any atom is -0.335 e. The van der Waals surface area contributed by atoms with Crippen LogP contribution in [0, 0.1) is 5.92 Å². The van der Waals surface area contributed by atoms with Crippen molar-refractivity contribution in [1.82, 2.24) is 9.88 Å². The van der Waals surface area contributed by atoms with Gasteiger partial charge in [0.05, 0.1) is 5.56 Å². The summed E-state index contributed by atoms with van der Waals surface area (Å²) in [4.78, 5) is 30.0. The standard InChI is InChI=1S/C19H22N2O2/c22-18-12-15(14-8-2-3-9-16(14)20-18)19(23)21-11-5-7-13-6-1-4-10-17(13)21/h2-3,8-9,12-13,17H,1,4-7,10-11H2,(H,20,22). The molecule has 4 nitrogen and oxygen atoms in total. The summed E-state index contributed by atoms with van der Waals surface area (Å²) < 4.78 is 0. The van der Waals surface area contributed by atoms with Crippen molar-refractivity contribution >= 4 is 16.8 Å². The fourth-order valence-corrected chi connectivity index (χ4v) is 4.41. The molecular weight excluding hydrogens is 288 g/mol. The number of likely N-dealkylation sites (tertiary alicyclic amines) is 1. The minimum atomic E-state index is -0.204. The van der Waals surface area contributed by atoms with Gasteiger partial charge in [0.2, 0.25) is 5.56 Å². The summed E-state index contributed by atoms with van der Waals surface area (Å²) in [6.45, 7) is 0.821. The highest BCUT2D eigenvalue weighted by molar-refractivity contribution is 6.06. The number of aromatic nitrogens is 1. The molecule has 1 aliphatic carbocycles. The molecule has 1 aromatic heterocycles. The Kier molecular flexibility index (Phi) is 3.68. The van der Waals surface area contributed by atoms with Crippen LogP contribution in [-0.2, 0) is 0 Å². The van der Waals surface area contributed by atoms with Crippen LogP contribution in [0.1, 0.15) is 48.9 Å². The number of para-hydroxylation sites is 1. The molecule has 4 rings (SSSR count). The third-order valence-electron chi connectivity index (χ3n) is 5.49. The number of hydrogen-bond acceptors (Lipinski definition) is 2. The van der Waals surface area contributed by atoms with Crippen LogP contribution in [0.2, 0.25) is 0 Å². The maximum absolute atomic E-state index is 13.2. The molecule has 23 heavy (non-hydrogen) atoms. The van der Waals surface area contributed by atoms with Crippen molar-refractivity contribution in [3.05, 3.63) is 46.2 Å². The summed E-state index contributed by atoms with van der Waals surface area (Å²) >= 11 is 0. The van der Waals surface area contributed by atoms with Crippen molar-refractivity contribution in [2.24, 2.45) is 5.92 Å². The molecule has 2 unspecified atom stereocenters.